The maximum Gasteiger partial charge on any atom is 0.122 e. The molecule has 0 saturated carbocycles. The van der Waals surface area contributed by atoms with Crippen molar-refractivity contribution in [2.45, 2.75) is 82.1 Å². The van der Waals surface area contributed by atoms with Crippen LogP contribution in [0.2, 0.25) is 0 Å². The van der Waals surface area contributed by atoms with Crippen molar-refractivity contribution in [3.8, 4) is 5.75 Å². The molecule has 2 nitrogen and oxygen atoms in total. The first-order chi connectivity index (χ1) is 20.0. The van der Waals surface area contributed by atoms with E-state index in [1.54, 1.807) is 12.7 Å². The Morgan fingerprint density at radius 3 is 2.17 bits per heavy atom. The molecule has 1 saturated heterocycles. The predicted molar refractivity (Wildman–Crippen MR) is 191 cm³/mol. The van der Waals surface area contributed by atoms with E-state index >= 15 is 0 Å². The molecule has 1 aliphatic heterocycles. The Labute approximate surface area is 258 Å². The summed E-state index contributed by atoms with van der Waals surface area (Å²) in [6, 6.07) is 29.0. The van der Waals surface area contributed by atoms with Gasteiger partial charge in [-0.3, -0.25) is 4.90 Å². The molecule has 1 aliphatic carbocycles. The second-order valence-corrected chi connectivity index (χ2v) is 13.2. The number of ether oxygens (including phenoxy) is 1. The number of likely N-dealkylation sites (tertiary alicyclic amines) is 1. The van der Waals surface area contributed by atoms with Gasteiger partial charge >= 0.3 is 0 Å². The highest BCUT2D eigenvalue weighted by Gasteiger charge is 2.45. The van der Waals surface area contributed by atoms with E-state index in [9.17, 15) is 0 Å². The fraction of sp³-hybridized carbons (Fsp3) is 0.500. The second kappa shape index (κ2) is 17.1. The molecule has 0 amide bonds. The Bertz CT molecular complexity index is 1170. The lowest BCUT2D eigenvalue weighted by molar-refractivity contribution is 0.247. The van der Waals surface area contributed by atoms with Crippen LogP contribution in [-0.2, 0) is 11.8 Å². The number of methoxy groups -OCH3 is 1. The highest BCUT2D eigenvalue weighted by Crippen LogP contribution is 2.53. The molecular weight excluding hydrogens is 555 g/mol. The van der Waals surface area contributed by atoms with Crippen LogP contribution < -0.4 is 4.74 Å². The van der Waals surface area contributed by atoms with Crippen molar-refractivity contribution in [2.24, 2.45) is 5.92 Å². The van der Waals surface area contributed by atoms with Crippen molar-refractivity contribution in [3.63, 3.8) is 0 Å². The molecule has 2 aliphatic rings. The Hall–Kier alpha value is -1.29. The van der Waals surface area contributed by atoms with E-state index in [1.165, 1.54) is 55.3 Å². The van der Waals surface area contributed by atoms with Gasteiger partial charge in [-0.05, 0) is 72.1 Å². The third-order valence-corrected chi connectivity index (χ3v) is 10.6. The van der Waals surface area contributed by atoms with Crippen LogP contribution in [0, 0.1) is 5.92 Å². The smallest absolute Gasteiger partial charge is 0.122 e. The maximum atomic E-state index is 5.62. The molecule has 3 aromatic carbocycles. The van der Waals surface area contributed by atoms with Crippen LogP contribution in [0.15, 0.2) is 78.9 Å². The summed E-state index contributed by atoms with van der Waals surface area (Å²) in [6.07, 6.45) is 7.40. The second-order valence-electron chi connectivity index (χ2n) is 11.5. The van der Waals surface area contributed by atoms with Crippen LogP contribution in [0.25, 0.3) is 0 Å². The number of hydrogen-bond donors (Lipinski definition) is 0. The summed E-state index contributed by atoms with van der Waals surface area (Å²) >= 11 is 0. The molecule has 1 fully saturated rings. The van der Waals surface area contributed by atoms with Crippen molar-refractivity contribution < 1.29 is 4.74 Å². The molecule has 3 aromatic rings. The van der Waals surface area contributed by atoms with Gasteiger partial charge < -0.3 is 4.74 Å². The van der Waals surface area contributed by atoms with Gasteiger partial charge in [0.05, 0.1) is 7.11 Å². The molecule has 8 atom stereocenters. The normalized spacial score (nSPS) is 23.2. The largest absolute Gasteiger partial charge is 0.496 e. The number of benzene rings is 3. The zero-order valence-electron chi connectivity index (χ0n) is 26.1. The van der Waals surface area contributed by atoms with Crippen molar-refractivity contribution in [1.29, 1.82) is 0 Å². The van der Waals surface area contributed by atoms with Crippen LogP contribution in [0.5, 0.6) is 5.75 Å². The molecule has 1 heterocycles. The lowest BCUT2D eigenvalue weighted by Gasteiger charge is -2.47. The van der Waals surface area contributed by atoms with Crippen LogP contribution in [0.3, 0.4) is 0 Å². The molecule has 5 rings (SSSR count). The first-order valence-electron chi connectivity index (χ1n) is 15.6. The highest BCUT2D eigenvalue weighted by molar-refractivity contribution is 7.17. The molecule has 0 N–H and O–H groups in total. The lowest BCUT2D eigenvalue weighted by Crippen LogP contribution is -2.43. The number of rotatable bonds is 8. The Morgan fingerprint density at radius 1 is 0.878 bits per heavy atom. The number of hydrogen-bond acceptors (Lipinski definition) is 2. The Morgan fingerprint density at radius 2 is 1.51 bits per heavy atom. The fourth-order valence-corrected chi connectivity index (χ4v) is 7.97. The zero-order chi connectivity index (χ0) is 29.8. The van der Waals surface area contributed by atoms with E-state index in [0.29, 0.717) is 23.3 Å². The average molecular weight is 610 g/mol. The van der Waals surface area contributed by atoms with Crippen molar-refractivity contribution in [1.82, 2.24) is 4.90 Å². The molecule has 224 valence electrons. The van der Waals surface area contributed by atoms with Crippen molar-refractivity contribution in [2.75, 3.05) is 26.9 Å². The topological polar surface area (TPSA) is 12.5 Å². The van der Waals surface area contributed by atoms with E-state index in [2.05, 4.69) is 132 Å². The van der Waals surface area contributed by atoms with Gasteiger partial charge in [0.15, 0.2) is 0 Å². The van der Waals surface area contributed by atoms with Crippen LogP contribution in [0.1, 0.15) is 81.0 Å². The maximum absolute atomic E-state index is 5.62. The van der Waals surface area contributed by atoms with E-state index in [1.807, 2.05) is 6.66 Å². The van der Waals surface area contributed by atoms with Gasteiger partial charge in [-0.2, -0.15) is 0 Å². The van der Waals surface area contributed by atoms with Gasteiger partial charge in [0.25, 0.3) is 0 Å². The summed E-state index contributed by atoms with van der Waals surface area (Å²) in [7, 11) is 10.6. The van der Waals surface area contributed by atoms with Gasteiger partial charge in [0.2, 0.25) is 0 Å². The van der Waals surface area contributed by atoms with Gasteiger partial charge in [-0.1, -0.05) is 113 Å². The molecule has 6 unspecified atom stereocenters. The number of fused-ring (bicyclic) bond motifs is 1. The Balaban J connectivity index is 0.000000710. The summed E-state index contributed by atoms with van der Waals surface area (Å²) < 4.78 is 5.62. The highest BCUT2D eigenvalue weighted by atomic mass is 31.0. The van der Waals surface area contributed by atoms with E-state index in [4.69, 9.17) is 4.74 Å². The van der Waals surface area contributed by atoms with Crippen molar-refractivity contribution in [3.05, 3.63) is 101 Å². The molecular formula is C36H54NOP3. The molecule has 0 bridgehead atoms. The van der Waals surface area contributed by atoms with E-state index in [-0.39, 0.29) is 5.41 Å². The summed E-state index contributed by atoms with van der Waals surface area (Å²) in [6.45, 7) is 11.0. The first-order valence-corrected chi connectivity index (χ1v) is 18.0. The molecule has 0 radical (unpaired) electrons. The van der Waals surface area contributed by atoms with E-state index < -0.39 is 0 Å². The van der Waals surface area contributed by atoms with Crippen molar-refractivity contribution >= 4 is 27.7 Å². The minimum absolute atomic E-state index is 0.0564. The quantitative estimate of drug-likeness (QED) is 0.236. The number of nitrogens with zero attached hydrogens (tertiary/aromatic N) is 1. The fourth-order valence-electron chi connectivity index (χ4n) is 6.76. The minimum Gasteiger partial charge on any atom is -0.496 e. The minimum atomic E-state index is 0.0564. The van der Waals surface area contributed by atoms with Gasteiger partial charge in [0.1, 0.15) is 5.75 Å². The summed E-state index contributed by atoms with van der Waals surface area (Å²) in [5.74, 6) is 2.72. The van der Waals surface area contributed by atoms with Gasteiger partial charge in [-0.25, -0.2) is 0 Å². The Kier molecular flexibility index (Phi) is 14.3. The third kappa shape index (κ3) is 8.01. The van der Waals surface area contributed by atoms with Crippen LogP contribution in [0.4, 0.5) is 0 Å². The standard InChI is InChI=1S/C31H39NOP2.C4H10.CH5P/c1-22(34)31(25-11-4-3-5-12-25)18-16-27(26-13-7-8-14-28(26)31)30(35)32-19-17-23(21-32)20-24-10-6-9-15-29(24)33-2;1-3-4-2;1-2/h3-15,22-23,27,30H,16-21,34-35H2,1-2H3;3-4H2,1-2H3;2H2,1H3/t22?,23?,27-,30?,31+;;/m1../s1. The third-order valence-electron chi connectivity index (χ3n) is 9.11. The van der Waals surface area contributed by atoms with Gasteiger partial charge in [0, 0.05) is 23.7 Å². The molecule has 0 aromatic heterocycles. The predicted octanol–water partition coefficient (Wildman–Crippen LogP) is 9.19. The van der Waals surface area contributed by atoms with E-state index in [0.717, 1.165) is 18.7 Å². The monoisotopic (exact) mass is 609 g/mol. The first kappa shape index (κ1) is 34.2. The summed E-state index contributed by atoms with van der Waals surface area (Å²) in [5, 5.41) is 0. The lowest BCUT2D eigenvalue weighted by atomic mass is 9.61. The SMILES string of the molecule is CCCC.COc1ccccc1CC1CCN(C(P)[C@@H]2CC[C@@](c3ccccc3)(C(C)P)c3ccccc32)C1.CP. The van der Waals surface area contributed by atoms with Crippen LogP contribution in [-0.4, -0.2) is 43.2 Å². The number of unbranched alkanes of at least 4 members (excludes halogenated alkanes) is 1. The van der Waals surface area contributed by atoms with Crippen LogP contribution >= 0.6 is 27.7 Å². The summed E-state index contributed by atoms with van der Waals surface area (Å²) in [5.41, 5.74) is 6.39. The average Bonchev–Trinajstić information content (AvgIpc) is 3.50. The molecule has 5 heteroatoms. The molecule has 41 heavy (non-hydrogen) atoms. The molecule has 0 spiro atoms. The van der Waals surface area contributed by atoms with Gasteiger partial charge in [-0.15, -0.1) is 27.7 Å². The zero-order valence-corrected chi connectivity index (χ0v) is 29.5. The number of para-hydroxylation sites is 1. The summed E-state index contributed by atoms with van der Waals surface area (Å²) in [4.78, 5) is 2.73.